The molecule has 0 unspecified atom stereocenters. The summed E-state index contributed by atoms with van der Waals surface area (Å²) < 4.78 is 10.8. The number of oxazole rings is 1. The van der Waals surface area contributed by atoms with Crippen molar-refractivity contribution in [3.8, 4) is 0 Å². The standard InChI is InChI=1S/C14H17N5O3/c1-9-18-10(8-22-9)14(20)19-5-6-21-11(7-19)12-13(15-2)17-4-3-16-12/h3-4,8,11H,5-7H2,1-2H3,(H,15,17)/t11-/m1/s1. The number of amides is 1. The van der Waals surface area contributed by atoms with Crippen molar-refractivity contribution in [1.82, 2.24) is 19.9 Å². The molecule has 2 aromatic heterocycles. The summed E-state index contributed by atoms with van der Waals surface area (Å²) in [6.45, 7) is 3.05. The number of nitrogens with zero attached hydrogens (tertiary/aromatic N) is 4. The van der Waals surface area contributed by atoms with Crippen LogP contribution < -0.4 is 5.32 Å². The normalized spacial score (nSPS) is 18.3. The first kappa shape index (κ1) is 14.5. The number of anilines is 1. The average molecular weight is 303 g/mol. The van der Waals surface area contributed by atoms with E-state index in [1.54, 1.807) is 31.3 Å². The minimum atomic E-state index is -0.318. The van der Waals surface area contributed by atoms with Gasteiger partial charge in [-0.3, -0.25) is 9.78 Å². The van der Waals surface area contributed by atoms with Crippen molar-refractivity contribution in [2.24, 2.45) is 0 Å². The number of carbonyl (C=O) groups is 1. The molecular formula is C14H17N5O3. The van der Waals surface area contributed by atoms with Gasteiger partial charge in [0, 0.05) is 32.9 Å². The predicted molar refractivity (Wildman–Crippen MR) is 77.4 cm³/mol. The maximum Gasteiger partial charge on any atom is 0.275 e. The minimum Gasteiger partial charge on any atom is -0.448 e. The molecule has 116 valence electrons. The van der Waals surface area contributed by atoms with Gasteiger partial charge in [-0.2, -0.15) is 0 Å². The molecule has 1 fully saturated rings. The van der Waals surface area contributed by atoms with Crippen molar-refractivity contribution >= 4 is 11.7 Å². The van der Waals surface area contributed by atoms with Crippen molar-refractivity contribution in [1.29, 1.82) is 0 Å². The largest absolute Gasteiger partial charge is 0.448 e. The zero-order valence-electron chi connectivity index (χ0n) is 12.4. The fourth-order valence-electron chi connectivity index (χ4n) is 2.40. The number of nitrogens with one attached hydrogen (secondary N) is 1. The predicted octanol–water partition coefficient (Wildman–Crippen LogP) is 1.03. The van der Waals surface area contributed by atoms with Crippen LogP contribution in [0.25, 0.3) is 0 Å². The SMILES string of the molecule is CNc1nccnc1[C@H]1CN(C(=O)c2coc(C)n2)CCO1. The summed E-state index contributed by atoms with van der Waals surface area (Å²) in [7, 11) is 1.78. The van der Waals surface area contributed by atoms with Gasteiger partial charge < -0.3 is 19.4 Å². The minimum absolute atomic E-state index is 0.167. The lowest BCUT2D eigenvalue weighted by atomic mass is 10.2. The van der Waals surface area contributed by atoms with Crippen molar-refractivity contribution < 1.29 is 13.9 Å². The van der Waals surface area contributed by atoms with E-state index in [2.05, 4.69) is 20.3 Å². The summed E-state index contributed by atoms with van der Waals surface area (Å²) >= 11 is 0. The Kier molecular flexibility index (Phi) is 4.01. The van der Waals surface area contributed by atoms with Gasteiger partial charge in [0.2, 0.25) is 0 Å². The molecule has 0 spiro atoms. The molecule has 1 atom stereocenters. The Bertz CT molecular complexity index is 672. The molecule has 8 heteroatoms. The Hall–Kier alpha value is -2.48. The number of aromatic nitrogens is 3. The molecule has 2 aromatic rings. The Morgan fingerprint density at radius 1 is 1.41 bits per heavy atom. The van der Waals surface area contributed by atoms with E-state index in [-0.39, 0.29) is 12.0 Å². The number of ether oxygens (including phenoxy) is 1. The third-order valence-corrected chi connectivity index (χ3v) is 3.46. The van der Waals surface area contributed by atoms with E-state index in [0.29, 0.717) is 42.8 Å². The lowest BCUT2D eigenvalue weighted by molar-refractivity contribution is -0.0247. The third kappa shape index (κ3) is 2.77. The molecule has 3 heterocycles. The molecule has 1 saturated heterocycles. The molecule has 1 amide bonds. The van der Waals surface area contributed by atoms with E-state index in [1.807, 2.05) is 0 Å². The van der Waals surface area contributed by atoms with Gasteiger partial charge in [-0.15, -0.1) is 0 Å². The average Bonchev–Trinajstić information content (AvgIpc) is 3.00. The lowest BCUT2D eigenvalue weighted by Crippen LogP contribution is -2.42. The third-order valence-electron chi connectivity index (χ3n) is 3.46. The number of carbonyl (C=O) groups excluding carboxylic acids is 1. The quantitative estimate of drug-likeness (QED) is 0.905. The van der Waals surface area contributed by atoms with E-state index in [9.17, 15) is 4.79 Å². The molecule has 1 N–H and O–H groups in total. The Labute approximate surface area is 127 Å². The van der Waals surface area contributed by atoms with Crippen LogP contribution in [0.1, 0.15) is 28.2 Å². The van der Waals surface area contributed by atoms with E-state index < -0.39 is 0 Å². The van der Waals surface area contributed by atoms with Crippen molar-refractivity contribution in [2.75, 3.05) is 32.1 Å². The molecule has 0 aliphatic carbocycles. The first-order valence-corrected chi connectivity index (χ1v) is 7.00. The molecule has 0 saturated carbocycles. The van der Waals surface area contributed by atoms with Gasteiger partial charge in [0.05, 0.1) is 13.2 Å². The smallest absolute Gasteiger partial charge is 0.275 e. The van der Waals surface area contributed by atoms with Crippen LogP contribution in [0.2, 0.25) is 0 Å². The fraction of sp³-hybridized carbons (Fsp3) is 0.429. The molecule has 1 aliphatic heterocycles. The molecule has 0 aromatic carbocycles. The van der Waals surface area contributed by atoms with E-state index >= 15 is 0 Å². The second-order valence-electron chi connectivity index (χ2n) is 4.90. The maximum absolute atomic E-state index is 12.4. The summed E-state index contributed by atoms with van der Waals surface area (Å²) in [6, 6.07) is 0. The van der Waals surface area contributed by atoms with Crippen molar-refractivity contribution in [2.45, 2.75) is 13.0 Å². The molecule has 0 bridgehead atoms. The monoisotopic (exact) mass is 303 g/mol. The lowest BCUT2D eigenvalue weighted by Gasteiger charge is -2.32. The maximum atomic E-state index is 12.4. The van der Waals surface area contributed by atoms with Crippen LogP contribution in [0.4, 0.5) is 5.82 Å². The van der Waals surface area contributed by atoms with Gasteiger partial charge >= 0.3 is 0 Å². The molecule has 0 radical (unpaired) electrons. The summed E-state index contributed by atoms with van der Waals surface area (Å²) in [6.07, 6.45) is 4.28. The van der Waals surface area contributed by atoms with Crippen molar-refractivity contribution in [3.05, 3.63) is 35.9 Å². The fourth-order valence-corrected chi connectivity index (χ4v) is 2.40. The van der Waals surface area contributed by atoms with Crippen LogP contribution >= 0.6 is 0 Å². The van der Waals surface area contributed by atoms with Crippen LogP contribution in [-0.2, 0) is 4.74 Å². The Morgan fingerprint density at radius 2 is 2.23 bits per heavy atom. The zero-order valence-corrected chi connectivity index (χ0v) is 12.4. The van der Waals surface area contributed by atoms with E-state index in [1.165, 1.54) is 6.26 Å². The summed E-state index contributed by atoms with van der Waals surface area (Å²) in [5, 5.41) is 2.99. The number of aryl methyl sites for hydroxylation is 1. The summed E-state index contributed by atoms with van der Waals surface area (Å²) in [4.78, 5) is 26.8. The number of hydrogen-bond acceptors (Lipinski definition) is 7. The molecular weight excluding hydrogens is 286 g/mol. The highest BCUT2D eigenvalue weighted by Gasteiger charge is 2.29. The molecule has 3 rings (SSSR count). The molecule has 8 nitrogen and oxygen atoms in total. The van der Waals surface area contributed by atoms with Crippen LogP contribution in [-0.4, -0.2) is 52.5 Å². The zero-order chi connectivity index (χ0) is 15.5. The number of rotatable bonds is 3. The summed E-state index contributed by atoms with van der Waals surface area (Å²) in [5.41, 5.74) is 1.00. The van der Waals surface area contributed by atoms with Gasteiger partial charge in [-0.25, -0.2) is 9.97 Å². The second kappa shape index (κ2) is 6.10. The second-order valence-corrected chi connectivity index (χ2v) is 4.90. The number of hydrogen-bond donors (Lipinski definition) is 1. The highest BCUT2D eigenvalue weighted by molar-refractivity contribution is 5.92. The Balaban J connectivity index is 1.78. The van der Waals surface area contributed by atoms with Crippen LogP contribution in [0.5, 0.6) is 0 Å². The Morgan fingerprint density at radius 3 is 2.95 bits per heavy atom. The molecule has 22 heavy (non-hydrogen) atoms. The molecule has 1 aliphatic rings. The van der Waals surface area contributed by atoms with Crippen LogP contribution in [0.3, 0.4) is 0 Å². The van der Waals surface area contributed by atoms with Crippen molar-refractivity contribution in [3.63, 3.8) is 0 Å². The van der Waals surface area contributed by atoms with Gasteiger partial charge in [0.25, 0.3) is 5.91 Å². The van der Waals surface area contributed by atoms with E-state index in [0.717, 1.165) is 0 Å². The van der Waals surface area contributed by atoms with Gasteiger partial charge in [0.15, 0.2) is 11.6 Å². The highest BCUT2D eigenvalue weighted by Crippen LogP contribution is 2.25. The van der Waals surface area contributed by atoms with Gasteiger partial charge in [-0.05, 0) is 0 Å². The summed E-state index contributed by atoms with van der Waals surface area (Å²) in [5.74, 6) is 0.957. The first-order valence-electron chi connectivity index (χ1n) is 7.00. The van der Waals surface area contributed by atoms with Crippen LogP contribution in [0.15, 0.2) is 23.1 Å². The first-order chi connectivity index (χ1) is 10.7. The van der Waals surface area contributed by atoms with Gasteiger partial charge in [0.1, 0.15) is 23.9 Å². The van der Waals surface area contributed by atoms with E-state index in [4.69, 9.17) is 9.15 Å². The van der Waals surface area contributed by atoms with Gasteiger partial charge in [-0.1, -0.05) is 0 Å². The topological polar surface area (TPSA) is 93.4 Å². The highest BCUT2D eigenvalue weighted by atomic mass is 16.5. The van der Waals surface area contributed by atoms with Crippen LogP contribution in [0, 0.1) is 6.92 Å². The number of morpholine rings is 1.